The molecule has 0 unspecified atom stereocenters. The summed E-state index contributed by atoms with van der Waals surface area (Å²) in [5.74, 6) is 0. The SMILES string of the molecule is c1ccc(-c2cc3ccccc3c3c2oc2cc(-c4c5ccccc5c(-c5cccc6ccccc56)c5ccccc45)ccc23)cc1. The van der Waals surface area contributed by atoms with Gasteiger partial charge in [0.1, 0.15) is 11.2 Å². The number of hydrogen-bond acceptors (Lipinski definition) is 1. The van der Waals surface area contributed by atoms with Crippen molar-refractivity contribution in [3.05, 3.63) is 170 Å². The lowest BCUT2D eigenvalue weighted by Gasteiger charge is -2.18. The van der Waals surface area contributed by atoms with E-state index >= 15 is 0 Å². The summed E-state index contributed by atoms with van der Waals surface area (Å²) in [7, 11) is 0. The molecule has 10 aromatic rings. The number of fused-ring (bicyclic) bond motifs is 8. The molecule has 0 aliphatic carbocycles. The molecule has 0 bridgehead atoms. The van der Waals surface area contributed by atoms with Gasteiger partial charge in [0.15, 0.2) is 0 Å². The Labute approximate surface area is 271 Å². The molecule has 1 heteroatoms. The van der Waals surface area contributed by atoms with Crippen LogP contribution in [0.5, 0.6) is 0 Å². The molecule has 0 atom stereocenters. The summed E-state index contributed by atoms with van der Waals surface area (Å²) in [5.41, 5.74) is 9.03. The molecule has 1 nitrogen and oxygen atoms in total. The minimum absolute atomic E-state index is 0.900. The Morgan fingerprint density at radius 3 is 1.62 bits per heavy atom. The summed E-state index contributed by atoms with van der Waals surface area (Å²) >= 11 is 0. The van der Waals surface area contributed by atoms with Crippen molar-refractivity contribution in [3.8, 4) is 33.4 Å². The van der Waals surface area contributed by atoms with E-state index in [9.17, 15) is 0 Å². The first-order valence-electron chi connectivity index (χ1n) is 16.2. The molecule has 0 amide bonds. The van der Waals surface area contributed by atoms with Crippen LogP contribution in [-0.2, 0) is 0 Å². The Morgan fingerprint density at radius 1 is 0.319 bits per heavy atom. The van der Waals surface area contributed by atoms with Gasteiger partial charge in [-0.25, -0.2) is 0 Å². The van der Waals surface area contributed by atoms with E-state index in [4.69, 9.17) is 4.42 Å². The molecular weight excluding hydrogens is 569 g/mol. The number of rotatable bonds is 3. The lowest BCUT2D eigenvalue weighted by atomic mass is 9.84. The van der Waals surface area contributed by atoms with Crippen LogP contribution in [0.2, 0.25) is 0 Å². The first-order valence-corrected chi connectivity index (χ1v) is 16.2. The van der Waals surface area contributed by atoms with Gasteiger partial charge < -0.3 is 4.42 Å². The van der Waals surface area contributed by atoms with Crippen LogP contribution in [0.1, 0.15) is 0 Å². The van der Waals surface area contributed by atoms with Crippen LogP contribution in [0.4, 0.5) is 0 Å². The van der Waals surface area contributed by atoms with Gasteiger partial charge in [-0.1, -0.05) is 152 Å². The first-order chi connectivity index (χ1) is 23.3. The van der Waals surface area contributed by atoms with Gasteiger partial charge in [-0.3, -0.25) is 0 Å². The van der Waals surface area contributed by atoms with Crippen molar-refractivity contribution in [2.45, 2.75) is 0 Å². The van der Waals surface area contributed by atoms with Crippen molar-refractivity contribution in [3.63, 3.8) is 0 Å². The zero-order valence-electron chi connectivity index (χ0n) is 25.6. The van der Waals surface area contributed by atoms with Gasteiger partial charge in [-0.05, 0) is 89.1 Å². The van der Waals surface area contributed by atoms with Crippen molar-refractivity contribution in [2.75, 3.05) is 0 Å². The van der Waals surface area contributed by atoms with Crippen molar-refractivity contribution in [1.82, 2.24) is 0 Å². The van der Waals surface area contributed by atoms with Crippen molar-refractivity contribution in [1.29, 1.82) is 0 Å². The molecule has 10 rings (SSSR count). The van der Waals surface area contributed by atoms with Crippen LogP contribution in [-0.4, -0.2) is 0 Å². The fourth-order valence-corrected chi connectivity index (χ4v) is 7.79. The summed E-state index contributed by atoms with van der Waals surface area (Å²) in [6.07, 6.45) is 0. The van der Waals surface area contributed by atoms with Crippen LogP contribution >= 0.6 is 0 Å². The van der Waals surface area contributed by atoms with Crippen LogP contribution < -0.4 is 0 Å². The topological polar surface area (TPSA) is 13.1 Å². The minimum atomic E-state index is 0.900. The lowest BCUT2D eigenvalue weighted by molar-refractivity contribution is 0.670. The summed E-state index contributed by atoms with van der Waals surface area (Å²) in [6.45, 7) is 0. The highest BCUT2D eigenvalue weighted by atomic mass is 16.3. The largest absolute Gasteiger partial charge is 0.455 e. The van der Waals surface area contributed by atoms with Crippen LogP contribution in [0, 0.1) is 0 Å². The molecule has 0 saturated heterocycles. The Balaban J connectivity index is 1.29. The molecular formula is C46H28O. The number of benzene rings is 9. The fraction of sp³-hybridized carbons (Fsp3) is 0. The third-order valence-electron chi connectivity index (χ3n) is 9.83. The molecule has 0 fully saturated rings. The van der Waals surface area contributed by atoms with E-state index in [1.165, 1.54) is 65.2 Å². The quantitative estimate of drug-likeness (QED) is 0.185. The van der Waals surface area contributed by atoms with Gasteiger partial charge in [0.05, 0.1) is 0 Å². The van der Waals surface area contributed by atoms with E-state index in [-0.39, 0.29) is 0 Å². The van der Waals surface area contributed by atoms with Crippen molar-refractivity contribution in [2.24, 2.45) is 0 Å². The molecule has 9 aromatic carbocycles. The Morgan fingerprint density at radius 2 is 0.894 bits per heavy atom. The van der Waals surface area contributed by atoms with E-state index in [0.29, 0.717) is 0 Å². The first kappa shape index (κ1) is 26.1. The summed E-state index contributed by atoms with van der Waals surface area (Å²) < 4.78 is 6.87. The predicted octanol–water partition coefficient (Wildman–Crippen LogP) is 13.2. The van der Waals surface area contributed by atoms with Gasteiger partial charge in [-0.15, -0.1) is 0 Å². The number of furan rings is 1. The molecule has 0 saturated carbocycles. The van der Waals surface area contributed by atoms with E-state index < -0.39 is 0 Å². The second-order valence-corrected chi connectivity index (χ2v) is 12.4. The molecule has 218 valence electrons. The minimum Gasteiger partial charge on any atom is -0.455 e. The van der Waals surface area contributed by atoms with Crippen molar-refractivity contribution < 1.29 is 4.42 Å². The molecule has 0 aliphatic rings. The third-order valence-corrected chi connectivity index (χ3v) is 9.83. The molecule has 1 aromatic heterocycles. The van der Waals surface area contributed by atoms with Crippen LogP contribution in [0.25, 0.3) is 98.4 Å². The van der Waals surface area contributed by atoms with Crippen LogP contribution in [0.15, 0.2) is 174 Å². The molecule has 47 heavy (non-hydrogen) atoms. The number of hydrogen-bond donors (Lipinski definition) is 0. The van der Waals surface area contributed by atoms with Gasteiger partial charge in [0.2, 0.25) is 0 Å². The maximum atomic E-state index is 6.87. The second kappa shape index (κ2) is 10.2. The summed E-state index contributed by atoms with van der Waals surface area (Å²) in [6, 6.07) is 61.4. The van der Waals surface area contributed by atoms with Crippen molar-refractivity contribution >= 4 is 65.0 Å². The van der Waals surface area contributed by atoms with Gasteiger partial charge in [0.25, 0.3) is 0 Å². The van der Waals surface area contributed by atoms with E-state index in [1.54, 1.807) is 0 Å². The molecule has 0 radical (unpaired) electrons. The summed E-state index contributed by atoms with van der Waals surface area (Å²) in [4.78, 5) is 0. The molecule has 0 N–H and O–H groups in total. The molecule has 0 aliphatic heterocycles. The van der Waals surface area contributed by atoms with Crippen LogP contribution in [0.3, 0.4) is 0 Å². The molecule has 1 heterocycles. The fourth-order valence-electron chi connectivity index (χ4n) is 7.79. The van der Waals surface area contributed by atoms with E-state index in [2.05, 4.69) is 170 Å². The van der Waals surface area contributed by atoms with Gasteiger partial charge >= 0.3 is 0 Å². The highest BCUT2D eigenvalue weighted by Crippen LogP contribution is 2.47. The molecule has 0 spiro atoms. The third kappa shape index (κ3) is 3.90. The average molecular weight is 597 g/mol. The zero-order chi connectivity index (χ0) is 30.9. The van der Waals surface area contributed by atoms with Gasteiger partial charge in [-0.2, -0.15) is 0 Å². The highest BCUT2D eigenvalue weighted by Gasteiger charge is 2.20. The van der Waals surface area contributed by atoms with Gasteiger partial charge in [0, 0.05) is 16.3 Å². The average Bonchev–Trinajstić information content (AvgIpc) is 3.53. The predicted molar refractivity (Wildman–Crippen MR) is 200 cm³/mol. The zero-order valence-corrected chi connectivity index (χ0v) is 25.6. The van der Waals surface area contributed by atoms with E-state index in [1.807, 2.05) is 0 Å². The monoisotopic (exact) mass is 596 g/mol. The lowest BCUT2D eigenvalue weighted by Crippen LogP contribution is -1.91. The normalized spacial score (nSPS) is 11.8. The Bertz CT molecular complexity index is 2780. The standard InChI is InChI=1S/C46H28O/c1-2-13-30(14-3-1)41-27-31-16-5-7-19-34(31)45-40-26-25-32(28-42(40)47-46(41)45)43-36-20-8-10-22-38(36)44(39-23-11-9-21-37(39)43)35-24-12-17-29-15-4-6-18-33(29)35/h1-28H. The Hall–Kier alpha value is -6.18. The Kier molecular flexibility index (Phi) is 5.64. The maximum absolute atomic E-state index is 6.87. The van der Waals surface area contributed by atoms with E-state index in [0.717, 1.165) is 33.2 Å². The summed E-state index contributed by atoms with van der Waals surface area (Å²) in [5, 5.41) is 12.2. The maximum Gasteiger partial charge on any atom is 0.143 e. The second-order valence-electron chi connectivity index (χ2n) is 12.4. The smallest absolute Gasteiger partial charge is 0.143 e. The highest BCUT2D eigenvalue weighted by molar-refractivity contribution is 6.25.